The molecule has 3 aliphatic rings. The highest BCUT2D eigenvalue weighted by Gasteiger charge is 2.44. The van der Waals surface area contributed by atoms with Crippen molar-refractivity contribution in [1.29, 1.82) is 0 Å². The summed E-state index contributed by atoms with van der Waals surface area (Å²) in [7, 11) is 0. The lowest BCUT2D eigenvalue weighted by Crippen LogP contribution is -2.41. The molecular formula is C18H25NO. The van der Waals surface area contributed by atoms with E-state index in [0.29, 0.717) is 12.6 Å². The summed E-state index contributed by atoms with van der Waals surface area (Å²) in [6, 6.07) is 9.69. The van der Waals surface area contributed by atoms with Crippen molar-refractivity contribution in [3.8, 4) is 0 Å². The van der Waals surface area contributed by atoms with Crippen LogP contribution in [0.4, 0.5) is 0 Å². The van der Waals surface area contributed by atoms with Gasteiger partial charge >= 0.3 is 0 Å². The summed E-state index contributed by atoms with van der Waals surface area (Å²) in [4.78, 5) is 0. The van der Waals surface area contributed by atoms with Crippen LogP contribution in [0.3, 0.4) is 0 Å². The van der Waals surface area contributed by atoms with Crippen molar-refractivity contribution in [1.82, 2.24) is 5.32 Å². The van der Waals surface area contributed by atoms with Gasteiger partial charge in [-0.25, -0.2) is 0 Å². The molecule has 0 spiro atoms. The predicted molar refractivity (Wildman–Crippen MR) is 80.6 cm³/mol. The molecule has 2 nitrogen and oxygen atoms in total. The van der Waals surface area contributed by atoms with E-state index in [2.05, 4.69) is 29.6 Å². The van der Waals surface area contributed by atoms with E-state index in [1.54, 1.807) is 11.1 Å². The molecule has 2 bridgehead atoms. The minimum atomic E-state index is 0.235. The lowest BCUT2D eigenvalue weighted by Gasteiger charge is -2.26. The molecule has 3 aliphatic carbocycles. The summed E-state index contributed by atoms with van der Waals surface area (Å²) in [5.41, 5.74) is 3.39. The van der Waals surface area contributed by atoms with Gasteiger partial charge in [-0.1, -0.05) is 24.3 Å². The Morgan fingerprint density at radius 3 is 2.15 bits per heavy atom. The zero-order chi connectivity index (χ0) is 13.6. The molecular weight excluding hydrogens is 246 g/mol. The molecule has 2 heteroatoms. The third kappa shape index (κ3) is 2.19. The zero-order valence-corrected chi connectivity index (χ0v) is 12.1. The summed E-state index contributed by atoms with van der Waals surface area (Å²) in [6.07, 6.45) is 7.66. The number of hydrogen-bond donors (Lipinski definition) is 2. The normalized spacial score (nSPS) is 33.5. The van der Waals surface area contributed by atoms with Gasteiger partial charge < -0.3 is 10.4 Å². The minimum Gasteiger partial charge on any atom is -0.396 e. The monoisotopic (exact) mass is 271 g/mol. The quantitative estimate of drug-likeness (QED) is 0.882. The van der Waals surface area contributed by atoms with E-state index in [1.165, 1.54) is 38.5 Å². The van der Waals surface area contributed by atoms with Crippen molar-refractivity contribution in [3.63, 3.8) is 0 Å². The van der Waals surface area contributed by atoms with Crippen molar-refractivity contribution in [2.45, 2.75) is 44.6 Å². The third-order valence-electron chi connectivity index (χ3n) is 6.01. The van der Waals surface area contributed by atoms with Crippen LogP contribution in [-0.4, -0.2) is 24.3 Å². The van der Waals surface area contributed by atoms with Crippen LogP contribution in [0.5, 0.6) is 0 Å². The van der Waals surface area contributed by atoms with Crippen LogP contribution in [0.2, 0.25) is 0 Å². The first kappa shape index (κ1) is 12.8. The van der Waals surface area contributed by atoms with Gasteiger partial charge in [0, 0.05) is 24.6 Å². The molecule has 0 amide bonds. The van der Waals surface area contributed by atoms with Gasteiger partial charge in [0.1, 0.15) is 0 Å². The van der Waals surface area contributed by atoms with Crippen LogP contribution in [0.15, 0.2) is 24.3 Å². The number of aliphatic hydroxyl groups excluding tert-OH is 1. The topological polar surface area (TPSA) is 32.3 Å². The Labute approximate surface area is 121 Å². The van der Waals surface area contributed by atoms with E-state index in [1.807, 2.05) is 0 Å². The van der Waals surface area contributed by atoms with Crippen LogP contribution >= 0.6 is 0 Å². The molecule has 4 rings (SSSR count). The zero-order valence-electron chi connectivity index (χ0n) is 12.1. The summed E-state index contributed by atoms with van der Waals surface area (Å²) in [5, 5.41) is 13.3. The fourth-order valence-electron chi connectivity index (χ4n) is 4.39. The fourth-order valence-corrected chi connectivity index (χ4v) is 4.39. The number of nitrogens with one attached hydrogen (secondary N) is 1. The molecule has 20 heavy (non-hydrogen) atoms. The summed E-state index contributed by atoms with van der Waals surface area (Å²) in [5.74, 6) is 1.61. The Balaban J connectivity index is 1.49. The maximum absolute atomic E-state index is 9.49. The van der Waals surface area contributed by atoms with Gasteiger partial charge in [-0.15, -0.1) is 0 Å². The third-order valence-corrected chi connectivity index (χ3v) is 6.01. The van der Waals surface area contributed by atoms with Crippen LogP contribution in [0, 0.1) is 17.3 Å². The van der Waals surface area contributed by atoms with Crippen molar-refractivity contribution >= 4 is 0 Å². The van der Waals surface area contributed by atoms with E-state index in [0.717, 1.165) is 18.4 Å². The summed E-state index contributed by atoms with van der Waals surface area (Å²) < 4.78 is 0. The van der Waals surface area contributed by atoms with Gasteiger partial charge in [0.15, 0.2) is 0 Å². The van der Waals surface area contributed by atoms with Gasteiger partial charge in [0.25, 0.3) is 0 Å². The van der Waals surface area contributed by atoms with E-state index in [9.17, 15) is 5.11 Å². The molecule has 2 fully saturated rings. The largest absolute Gasteiger partial charge is 0.396 e. The molecule has 108 valence electrons. The molecule has 0 heterocycles. The molecule has 0 saturated heterocycles. The number of rotatable bonds is 4. The van der Waals surface area contributed by atoms with Gasteiger partial charge in [0.05, 0.1) is 0 Å². The SMILES string of the molecule is OCC1(CNC2C3CCC2Cc2ccccc2C3)CC1. The second-order valence-electron chi connectivity index (χ2n) is 7.34. The van der Waals surface area contributed by atoms with Crippen LogP contribution in [-0.2, 0) is 12.8 Å². The van der Waals surface area contributed by atoms with E-state index < -0.39 is 0 Å². The van der Waals surface area contributed by atoms with Crippen molar-refractivity contribution in [2.24, 2.45) is 17.3 Å². The van der Waals surface area contributed by atoms with Gasteiger partial charge in [-0.3, -0.25) is 0 Å². The van der Waals surface area contributed by atoms with E-state index in [-0.39, 0.29) is 5.41 Å². The molecule has 1 aromatic rings. The number of benzene rings is 1. The maximum Gasteiger partial charge on any atom is 0.0499 e. The van der Waals surface area contributed by atoms with E-state index >= 15 is 0 Å². The first-order valence-electron chi connectivity index (χ1n) is 8.21. The fraction of sp³-hybridized carbons (Fsp3) is 0.667. The Morgan fingerprint density at radius 2 is 1.65 bits per heavy atom. The average molecular weight is 271 g/mol. The number of fused-ring (bicyclic) bond motifs is 3. The van der Waals surface area contributed by atoms with Crippen molar-refractivity contribution < 1.29 is 5.11 Å². The van der Waals surface area contributed by atoms with Crippen LogP contribution < -0.4 is 5.32 Å². The average Bonchev–Trinajstić information content (AvgIpc) is 3.17. The molecule has 1 aromatic carbocycles. The van der Waals surface area contributed by atoms with Crippen molar-refractivity contribution in [2.75, 3.05) is 13.2 Å². The smallest absolute Gasteiger partial charge is 0.0499 e. The Bertz CT molecular complexity index is 461. The Kier molecular flexibility index (Phi) is 3.12. The van der Waals surface area contributed by atoms with Gasteiger partial charge in [-0.05, 0) is 61.5 Å². The highest BCUT2D eigenvalue weighted by atomic mass is 16.3. The molecule has 2 saturated carbocycles. The highest BCUT2D eigenvalue weighted by Crippen LogP contribution is 2.46. The Morgan fingerprint density at radius 1 is 1.05 bits per heavy atom. The Hall–Kier alpha value is -0.860. The molecule has 0 aromatic heterocycles. The molecule has 2 atom stereocenters. The van der Waals surface area contributed by atoms with Gasteiger partial charge in [0.2, 0.25) is 0 Å². The minimum absolute atomic E-state index is 0.235. The summed E-state index contributed by atoms with van der Waals surface area (Å²) >= 11 is 0. The molecule has 2 unspecified atom stereocenters. The van der Waals surface area contributed by atoms with Crippen LogP contribution in [0.1, 0.15) is 36.8 Å². The standard InChI is InChI=1S/C18H25NO/c20-12-18(7-8-18)11-19-17-15-5-6-16(17)10-14-4-2-1-3-13(14)9-15/h1-4,15-17,19-20H,5-12H2. The molecule has 0 radical (unpaired) electrons. The molecule has 2 N–H and O–H groups in total. The number of aliphatic hydroxyl groups is 1. The van der Waals surface area contributed by atoms with E-state index in [4.69, 9.17) is 0 Å². The highest BCUT2D eigenvalue weighted by molar-refractivity contribution is 5.30. The second kappa shape index (κ2) is 4.85. The molecule has 0 aliphatic heterocycles. The maximum atomic E-state index is 9.49. The lowest BCUT2D eigenvalue weighted by atomic mass is 9.94. The van der Waals surface area contributed by atoms with Crippen molar-refractivity contribution in [3.05, 3.63) is 35.4 Å². The van der Waals surface area contributed by atoms with Crippen LogP contribution in [0.25, 0.3) is 0 Å². The number of hydrogen-bond acceptors (Lipinski definition) is 2. The van der Waals surface area contributed by atoms with Gasteiger partial charge in [-0.2, -0.15) is 0 Å². The first-order chi connectivity index (χ1) is 9.80. The lowest BCUT2D eigenvalue weighted by molar-refractivity contribution is 0.195. The second-order valence-corrected chi connectivity index (χ2v) is 7.34. The summed E-state index contributed by atoms with van der Waals surface area (Å²) in [6.45, 7) is 1.39. The first-order valence-corrected chi connectivity index (χ1v) is 8.21. The predicted octanol–water partition coefficient (Wildman–Crippen LogP) is 2.54.